The summed E-state index contributed by atoms with van der Waals surface area (Å²) in [4.78, 5) is 11.9. The van der Waals surface area contributed by atoms with E-state index in [4.69, 9.17) is 16.3 Å². The molecule has 0 spiro atoms. The van der Waals surface area contributed by atoms with Crippen molar-refractivity contribution < 1.29 is 14.6 Å². The summed E-state index contributed by atoms with van der Waals surface area (Å²) >= 11 is 9.26. The molecule has 0 saturated carbocycles. The average Bonchev–Trinajstić information content (AvgIpc) is 2.53. The van der Waals surface area contributed by atoms with E-state index in [1.54, 1.807) is 37.4 Å². The van der Waals surface area contributed by atoms with Crippen LogP contribution >= 0.6 is 27.5 Å². The number of amides is 1. The highest BCUT2D eigenvalue weighted by Gasteiger charge is 2.08. The van der Waals surface area contributed by atoms with E-state index in [-0.39, 0.29) is 18.1 Å². The quantitative estimate of drug-likeness (QED) is 0.599. The maximum absolute atomic E-state index is 11.9. The van der Waals surface area contributed by atoms with Crippen molar-refractivity contribution in [3.63, 3.8) is 0 Å². The SMILES string of the molecule is COc1ccc(Cl)c(CC(=O)N/N=C/c2ccc(O)c(Br)c2)c1. The first-order chi connectivity index (χ1) is 11.0. The van der Waals surface area contributed by atoms with Crippen molar-refractivity contribution in [2.24, 2.45) is 5.10 Å². The van der Waals surface area contributed by atoms with Crippen LogP contribution in [-0.4, -0.2) is 24.3 Å². The summed E-state index contributed by atoms with van der Waals surface area (Å²) in [5.41, 5.74) is 3.82. The number of hydrazone groups is 1. The number of phenols is 1. The Hall–Kier alpha value is -2.05. The zero-order valence-corrected chi connectivity index (χ0v) is 14.6. The monoisotopic (exact) mass is 396 g/mol. The van der Waals surface area contributed by atoms with Crippen LogP contribution in [-0.2, 0) is 11.2 Å². The van der Waals surface area contributed by atoms with Gasteiger partial charge < -0.3 is 9.84 Å². The van der Waals surface area contributed by atoms with Crippen molar-refractivity contribution in [1.29, 1.82) is 0 Å². The van der Waals surface area contributed by atoms with Crippen molar-refractivity contribution in [3.05, 3.63) is 57.0 Å². The normalized spacial score (nSPS) is 10.7. The van der Waals surface area contributed by atoms with Crippen LogP contribution in [0, 0.1) is 0 Å². The third-order valence-electron chi connectivity index (χ3n) is 2.98. The number of rotatable bonds is 5. The number of phenolic OH excluding ortho intramolecular Hbond substituents is 1. The van der Waals surface area contributed by atoms with E-state index in [0.717, 1.165) is 5.56 Å². The third-order valence-corrected chi connectivity index (χ3v) is 3.98. The van der Waals surface area contributed by atoms with Crippen LogP contribution in [0.1, 0.15) is 11.1 Å². The smallest absolute Gasteiger partial charge is 0.244 e. The van der Waals surface area contributed by atoms with E-state index in [1.165, 1.54) is 12.3 Å². The van der Waals surface area contributed by atoms with E-state index in [9.17, 15) is 9.90 Å². The van der Waals surface area contributed by atoms with Crippen LogP contribution in [0.25, 0.3) is 0 Å². The van der Waals surface area contributed by atoms with Crippen molar-refractivity contribution in [2.45, 2.75) is 6.42 Å². The molecule has 0 fully saturated rings. The van der Waals surface area contributed by atoms with Gasteiger partial charge in [0.25, 0.3) is 0 Å². The van der Waals surface area contributed by atoms with Gasteiger partial charge in [0.1, 0.15) is 11.5 Å². The molecule has 0 heterocycles. The summed E-state index contributed by atoms with van der Waals surface area (Å²) in [6.45, 7) is 0. The molecule has 0 bridgehead atoms. The molecule has 0 atom stereocenters. The standard InChI is InChI=1S/C16H14BrClN2O3/c1-23-12-3-4-14(18)11(7-12)8-16(22)20-19-9-10-2-5-15(21)13(17)6-10/h2-7,9,21H,8H2,1H3,(H,20,22)/b19-9+. The fourth-order valence-electron chi connectivity index (χ4n) is 1.81. The van der Waals surface area contributed by atoms with Gasteiger partial charge in [-0.25, -0.2) is 5.43 Å². The molecule has 7 heteroatoms. The first-order valence-corrected chi connectivity index (χ1v) is 7.79. The third kappa shape index (κ3) is 4.97. The van der Waals surface area contributed by atoms with E-state index in [0.29, 0.717) is 20.8 Å². The molecule has 0 unspecified atom stereocenters. The van der Waals surface area contributed by atoms with Gasteiger partial charge >= 0.3 is 0 Å². The molecule has 120 valence electrons. The van der Waals surface area contributed by atoms with E-state index in [2.05, 4.69) is 26.5 Å². The van der Waals surface area contributed by atoms with Crippen LogP contribution in [0.5, 0.6) is 11.5 Å². The topological polar surface area (TPSA) is 70.9 Å². The summed E-state index contributed by atoms with van der Waals surface area (Å²) in [7, 11) is 1.55. The lowest BCUT2D eigenvalue weighted by molar-refractivity contribution is -0.120. The molecule has 0 aliphatic heterocycles. The molecule has 0 aromatic heterocycles. The fraction of sp³-hybridized carbons (Fsp3) is 0.125. The molecule has 0 saturated heterocycles. The zero-order chi connectivity index (χ0) is 16.8. The number of hydrogen-bond acceptors (Lipinski definition) is 4. The van der Waals surface area contributed by atoms with Gasteiger partial charge in [0.2, 0.25) is 5.91 Å². The summed E-state index contributed by atoms with van der Waals surface area (Å²) in [6, 6.07) is 10.0. The van der Waals surface area contributed by atoms with Crippen molar-refractivity contribution >= 4 is 39.7 Å². The van der Waals surface area contributed by atoms with Gasteiger partial charge in [-0.1, -0.05) is 11.6 Å². The Bertz CT molecular complexity index is 750. The van der Waals surface area contributed by atoms with Crippen LogP contribution in [0.2, 0.25) is 5.02 Å². The molecule has 2 aromatic rings. The zero-order valence-electron chi connectivity index (χ0n) is 12.2. The molecule has 0 aliphatic carbocycles. The van der Waals surface area contributed by atoms with Crippen LogP contribution in [0.4, 0.5) is 0 Å². The highest BCUT2D eigenvalue weighted by Crippen LogP contribution is 2.24. The molecule has 23 heavy (non-hydrogen) atoms. The second-order valence-electron chi connectivity index (χ2n) is 4.64. The molecule has 5 nitrogen and oxygen atoms in total. The first kappa shape index (κ1) is 17.3. The van der Waals surface area contributed by atoms with Gasteiger partial charge in [0.05, 0.1) is 24.2 Å². The number of carbonyl (C=O) groups is 1. The minimum atomic E-state index is -0.297. The van der Waals surface area contributed by atoms with Gasteiger partial charge in [-0.05, 0) is 63.5 Å². The Morgan fingerprint density at radius 2 is 2.17 bits per heavy atom. The Kier molecular flexibility index (Phi) is 6.01. The van der Waals surface area contributed by atoms with E-state index < -0.39 is 0 Å². The van der Waals surface area contributed by atoms with Crippen molar-refractivity contribution in [3.8, 4) is 11.5 Å². The minimum absolute atomic E-state index is 0.0899. The Morgan fingerprint density at radius 1 is 1.39 bits per heavy atom. The Labute approximate surface area is 147 Å². The number of halogens is 2. The van der Waals surface area contributed by atoms with Crippen LogP contribution < -0.4 is 10.2 Å². The van der Waals surface area contributed by atoms with Gasteiger partial charge in [-0.2, -0.15) is 5.10 Å². The van der Waals surface area contributed by atoms with Crippen LogP contribution in [0.3, 0.4) is 0 Å². The lowest BCUT2D eigenvalue weighted by atomic mass is 10.1. The number of aromatic hydroxyl groups is 1. The maximum atomic E-state index is 11.9. The molecular weight excluding hydrogens is 384 g/mol. The number of methoxy groups -OCH3 is 1. The predicted molar refractivity (Wildman–Crippen MR) is 93.3 cm³/mol. The van der Waals surface area contributed by atoms with E-state index >= 15 is 0 Å². The molecule has 2 N–H and O–H groups in total. The van der Waals surface area contributed by atoms with Gasteiger partial charge in [-0.15, -0.1) is 0 Å². The average molecular weight is 398 g/mol. The van der Waals surface area contributed by atoms with Crippen molar-refractivity contribution in [2.75, 3.05) is 7.11 Å². The number of hydrogen-bond donors (Lipinski definition) is 2. The van der Waals surface area contributed by atoms with Gasteiger partial charge in [-0.3, -0.25) is 4.79 Å². The molecule has 1 amide bonds. The number of nitrogens with zero attached hydrogens (tertiary/aromatic N) is 1. The Morgan fingerprint density at radius 3 is 2.87 bits per heavy atom. The molecule has 2 rings (SSSR count). The molecule has 2 aromatic carbocycles. The van der Waals surface area contributed by atoms with Gasteiger partial charge in [0.15, 0.2) is 0 Å². The van der Waals surface area contributed by atoms with Crippen LogP contribution in [0.15, 0.2) is 46.0 Å². The highest BCUT2D eigenvalue weighted by molar-refractivity contribution is 9.10. The second kappa shape index (κ2) is 7.99. The minimum Gasteiger partial charge on any atom is -0.507 e. The second-order valence-corrected chi connectivity index (χ2v) is 5.90. The molecule has 0 radical (unpaired) electrons. The number of benzene rings is 2. The van der Waals surface area contributed by atoms with E-state index in [1.807, 2.05) is 0 Å². The lowest BCUT2D eigenvalue weighted by Crippen LogP contribution is -2.20. The predicted octanol–water partition coefficient (Wildman–Crippen LogP) is 3.51. The largest absolute Gasteiger partial charge is 0.507 e. The maximum Gasteiger partial charge on any atom is 0.244 e. The molecule has 0 aliphatic rings. The number of carbonyl (C=O) groups excluding carboxylic acids is 1. The fourth-order valence-corrected chi connectivity index (χ4v) is 2.39. The number of ether oxygens (including phenoxy) is 1. The summed E-state index contributed by atoms with van der Waals surface area (Å²) in [6.07, 6.45) is 1.57. The summed E-state index contributed by atoms with van der Waals surface area (Å²) in [5, 5.41) is 13.8. The number of nitrogens with one attached hydrogen (secondary N) is 1. The Balaban J connectivity index is 1.97. The summed E-state index contributed by atoms with van der Waals surface area (Å²) < 4.78 is 5.66. The van der Waals surface area contributed by atoms with Crippen molar-refractivity contribution in [1.82, 2.24) is 5.43 Å². The summed E-state index contributed by atoms with van der Waals surface area (Å²) in [5.74, 6) is 0.475. The molecular formula is C16H14BrClN2O3. The highest BCUT2D eigenvalue weighted by atomic mass is 79.9. The lowest BCUT2D eigenvalue weighted by Gasteiger charge is -2.06. The van der Waals surface area contributed by atoms with Gasteiger partial charge in [0, 0.05) is 5.02 Å². The first-order valence-electron chi connectivity index (χ1n) is 6.62.